The van der Waals surface area contributed by atoms with Crippen LogP contribution in [0.25, 0.3) is 0 Å². The van der Waals surface area contributed by atoms with Crippen LogP contribution in [-0.2, 0) is 37.4 Å². The first-order valence-electron chi connectivity index (χ1n) is 37.9. The summed E-state index contributed by atoms with van der Waals surface area (Å²) in [5.41, 5.74) is -0.165. The fourth-order valence-electron chi connectivity index (χ4n) is 24.8. The summed E-state index contributed by atoms with van der Waals surface area (Å²) in [5, 5.41) is 94.4. The molecule has 0 amide bonds. The number of esters is 1. The van der Waals surface area contributed by atoms with Crippen LogP contribution in [-0.4, -0.2) is 172 Å². The Labute approximate surface area is 572 Å². The van der Waals surface area contributed by atoms with Gasteiger partial charge in [-0.25, -0.2) is 0 Å². The first kappa shape index (κ1) is 75.0. The van der Waals surface area contributed by atoms with Crippen LogP contribution >= 0.6 is 0 Å². The van der Waals surface area contributed by atoms with Crippen molar-refractivity contribution < 1.29 is 83.3 Å². The lowest BCUT2D eigenvalue weighted by Crippen LogP contribution is -2.68. The van der Waals surface area contributed by atoms with Crippen molar-refractivity contribution in [1.29, 1.82) is 0 Å². The van der Waals surface area contributed by atoms with E-state index in [9.17, 15) is 45.6 Å². The number of carbonyl (C=O) groups excluding carboxylic acids is 1. The van der Waals surface area contributed by atoms with Gasteiger partial charge in [-0.2, -0.15) is 0 Å². The van der Waals surface area contributed by atoms with Crippen molar-refractivity contribution in [1.82, 2.24) is 0 Å². The molecule has 9 N–H and O–H groups in total. The van der Waals surface area contributed by atoms with Gasteiger partial charge in [0, 0.05) is 31.6 Å². The Morgan fingerprint density at radius 1 is 0.421 bits per heavy atom. The van der Waals surface area contributed by atoms with Gasteiger partial charge in [0.25, 0.3) is 5.97 Å². The number of ether oxygens (including phenoxy) is 4. The van der Waals surface area contributed by atoms with Gasteiger partial charge in [-0.05, 0) is 251 Å². The molecule has 0 bridgehead atoms. The maximum Gasteiger partial charge on any atom is 0.303 e. The smallest absolute Gasteiger partial charge is 0.303 e. The second-order valence-electron chi connectivity index (χ2n) is 39.1. The van der Waals surface area contributed by atoms with Crippen LogP contribution in [0.1, 0.15) is 226 Å². The normalized spacial score (nSPS) is 52.8. The predicted octanol–water partition coefficient (Wildman–Crippen LogP) is 11.6. The summed E-state index contributed by atoms with van der Waals surface area (Å²) < 4.78 is 39.5. The van der Waals surface area contributed by atoms with Crippen LogP contribution in [0.5, 0.6) is 0 Å². The Kier molecular flexibility index (Phi) is 20.0. The van der Waals surface area contributed by atoms with Gasteiger partial charge in [0.15, 0.2) is 22.4 Å². The van der Waals surface area contributed by atoms with E-state index < -0.39 is 95.0 Å². The number of carboxylic acids is 1. The Morgan fingerprint density at radius 3 is 1.29 bits per heavy atom. The standard InChI is InChI=1S/C28H48O4Si.C27H48O6Si.C19H32O5.C2H4O2/c1-25(2,3)33(8,9)32-19-11-10-16-20-17(12-14-27(16,19)6)28(7)15-13-18-22(29-18)21(28)24-23(20)30-26(4,5)31-24;1-15(28)32-24-18(29)12-14-27(6)17-11-13-26(5)16(20(17)22(30)23(31)21(24)27)9-10-19(26)33-34(7,8)25(2,3)4;1-18-7-5-10-13(9(18)3-4-12(18)21)16(23)17(24)14-15(22)11(20)6-8-19(10,14)2;1-2(3)4/h16-24H,10-15H2,1-9H3;16-24,29-31H,9-14H2,1-8H3;9-17,20-24H,3-8H2,1-2H3;1H3,(H,3,4)/t16?,17?,18-,19+,20?,21?,22-,23-,24-,27+,28-;16?,17?,18-,19+,20?,21?,22-,23-,24+,26+,27-;9?,10?,11-,12+,13?,14?,15+,16-,17-,18+,19-;/m111./s1. The fraction of sp³-hybridized carbons (Fsp3) is 0.974. The third-order valence-electron chi connectivity index (χ3n) is 31.9. The lowest BCUT2D eigenvalue weighted by atomic mass is 9.43. The fourth-order valence-corrected chi connectivity index (χ4v) is 27.7. The largest absolute Gasteiger partial charge is 0.481 e. The topological polar surface area (TPSA) is 275 Å². The molecule has 2 heterocycles. The highest BCUT2D eigenvalue weighted by molar-refractivity contribution is 6.74. The summed E-state index contributed by atoms with van der Waals surface area (Å²) in [5.74, 6) is 0.700. The molecule has 33 atom stereocenters. The summed E-state index contributed by atoms with van der Waals surface area (Å²) in [7, 11) is -3.74. The summed E-state index contributed by atoms with van der Waals surface area (Å²) in [6, 6.07) is 0. The predicted molar refractivity (Wildman–Crippen MR) is 367 cm³/mol. The molecule has 12 aliphatic carbocycles. The van der Waals surface area contributed by atoms with Crippen LogP contribution in [0.4, 0.5) is 0 Å². The first-order chi connectivity index (χ1) is 43.7. The van der Waals surface area contributed by atoms with Gasteiger partial charge in [0.1, 0.15) is 6.10 Å². The lowest BCUT2D eigenvalue weighted by Gasteiger charge is -2.64. The van der Waals surface area contributed by atoms with E-state index in [2.05, 4.69) is 123 Å². The minimum absolute atomic E-state index is 0.00348. The molecule has 2 saturated heterocycles. The number of hydrogen-bond donors (Lipinski definition) is 9. The van der Waals surface area contributed by atoms with Gasteiger partial charge in [-0.3, -0.25) is 9.59 Å². The van der Waals surface area contributed by atoms with Crippen LogP contribution in [0, 0.1) is 104 Å². The number of aliphatic hydroxyl groups is 8. The number of carboxylic acid groups (broad SMARTS) is 1. The van der Waals surface area contributed by atoms with E-state index in [1.54, 1.807) is 0 Å². The highest BCUT2D eigenvalue weighted by Crippen LogP contribution is 2.73. The van der Waals surface area contributed by atoms with Crippen molar-refractivity contribution in [3.05, 3.63) is 0 Å². The number of hydrogen-bond acceptors (Lipinski definition) is 16. The molecule has 12 saturated carbocycles. The molecule has 14 aliphatic rings. The van der Waals surface area contributed by atoms with E-state index >= 15 is 0 Å². The van der Waals surface area contributed by atoms with Gasteiger partial charge < -0.3 is 73.8 Å². The lowest BCUT2D eigenvalue weighted by molar-refractivity contribution is -0.256. The van der Waals surface area contributed by atoms with E-state index in [-0.39, 0.29) is 91.2 Å². The van der Waals surface area contributed by atoms with Crippen LogP contribution in [0.2, 0.25) is 36.3 Å². The molecule has 0 aromatic carbocycles. The molecule has 19 heteroatoms. The van der Waals surface area contributed by atoms with Crippen molar-refractivity contribution in [3.63, 3.8) is 0 Å². The van der Waals surface area contributed by atoms with Gasteiger partial charge >= 0.3 is 5.97 Å². The molecule has 2 aliphatic heterocycles. The zero-order chi connectivity index (χ0) is 70.2. The van der Waals surface area contributed by atoms with Gasteiger partial charge in [-0.1, -0.05) is 83.1 Å². The average molecular weight is 1370 g/mol. The molecular formula is C76H132O17Si2. The molecule has 0 radical (unpaired) electrons. The zero-order valence-electron chi connectivity index (χ0n) is 62.1. The van der Waals surface area contributed by atoms with E-state index in [0.29, 0.717) is 60.2 Å². The number of aliphatic hydroxyl groups excluding tert-OH is 8. The van der Waals surface area contributed by atoms with Crippen molar-refractivity contribution in [2.24, 2.45) is 104 Å². The van der Waals surface area contributed by atoms with Crippen molar-refractivity contribution >= 4 is 28.6 Å². The number of carbonyl (C=O) groups is 2. The van der Waals surface area contributed by atoms with Gasteiger partial charge in [-0.15, -0.1) is 0 Å². The van der Waals surface area contributed by atoms with E-state index in [1.165, 1.54) is 45.4 Å². The van der Waals surface area contributed by atoms with E-state index in [0.717, 1.165) is 77.0 Å². The Morgan fingerprint density at radius 2 is 0.800 bits per heavy atom. The SMILES string of the molecule is CC(=O)O.CC(=O)O[C@@H]1C2[C@@H](O)[C@H](O)C3C(CC[C@@]4(C)C3CC[C@@H]4O[Si](C)(C)C(C)(C)C)[C@@]2(C)CC[C@H]1O.CC1(C)O[C@@H]2C3C(CC[C@@]4(C)C3CC[C@@H]4O[Si](C)(C)C(C)(C)C)[C@@]3(C)CC[C@H]4O[C@H]4C3[C@H]2O1.C[C@]12CC[C@@H](O)[C@H](O)C1[C@@H](O)[C@H](O)C1C2CC[C@@]2(C)C1CC[C@@H]2O. The monoisotopic (exact) mass is 1370 g/mol. The molecular weight excluding hydrogens is 1240 g/mol. The second-order valence-corrected chi connectivity index (χ2v) is 48.6. The van der Waals surface area contributed by atoms with Crippen LogP contribution in [0.15, 0.2) is 0 Å². The molecule has 95 heavy (non-hydrogen) atoms. The summed E-state index contributed by atoms with van der Waals surface area (Å²) in [6.07, 6.45) is 12.2. The molecule has 14 rings (SSSR count). The second kappa shape index (κ2) is 25.3. The summed E-state index contributed by atoms with van der Waals surface area (Å²) >= 11 is 0. The van der Waals surface area contributed by atoms with Crippen molar-refractivity contribution in [2.45, 2.75) is 360 Å². The van der Waals surface area contributed by atoms with Crippen LogP contribution < -0.4 is 0 Å². The maximum atomic E-state index is 11.8. The highest BCUT2D eigenvalue weighted by Gasteiger charge is 2.74. The molecule has 546 valence electrons. The number of epoxide rings is 1. The Hall–Kier alpha value is -1.15. The minimum Gasteiger partial charge on any atom is -0.481 e. The summed E-state index contributed by atoms with van der Waals surface area (Å²) in [6.45, 7) is 44.2. The maximum absolute atomic E-state index is 11.8. The molecule has 12 unspecified atom stereocenters. The quantitative estimate of drug-likeness (QED) is 0.0703. The van der Waals surface area contributed by atoms with E-state index in [1.807, 2.05) is 0 Å². The van der Waals surface area contributed by atoms with Gasteiger partial charge in [0.05, 0.1) is 85.5 Å². The molecule has 0 spiro atoms. The molecule has 0 aromatic heterocycles. The molecule has 14 fully saturated rings. The first-order valence-corrected chi connectivity index (χ1v) is 43.7. The third-order valence-corrected chi connectivity index (χ3v) is 40.9. The van der Waals surface area contributed by atoms with Crippen LogP contribution in [0.3, 0.4) is 0 Å². The number of aliphatic carboxylic acids is 1. The molecule has 17 nitrogen and oxygen atoms in total. The summed E-state index contributed by atoms with van der Waals surface area (Å²) in [4.78, 5) is 20.8. The number of rotatable bonds is 5. The zero-order valence-corrected chi connectivity index (χ0v) is 64.1. The Balaban J connectivity index is 0.000000143. The molecule has 0 aromatic rings. The van der Waals surface area contributed by atoms with Crippen molar-refractivity contribution in [2.75, 3.05) is 0 Å². The Bertz CT molecular complexity index is 2790. The third kappa shape index (κ3) is 12.3. The average Bonchev–Trinajstić information content (AvgIpc) is 1.61. The minimum atomic E-state index is -1.93. The number of fused-ring (bicyclic) bond motifs is 20. The van der Waals surface area contributed by atoms with Crippen molar-refractivity contribution in [3.8, 4) is 0 Å². The van der Waals surface area contributed by atoms with Gasteiger partial charge in [0.2, 0.25) is 0 Å². The van der Waals surface area contributed by atoms with E-state index in [4.69, 9.17) is 37.7 Å². The highest BCUT2D eigenvalue weighted by atomic mass is 28.4.